The molecule has 6 heteroatoms. The molecule has 6 nitrogen and oxygen atoms in total. The van der Waals surface area contributed by atoms with Crippen molar-refractivity contribution in [2.24, 2.45) is 5.41 Å². The molecule has 1 heterocycles. The summed E-state index contributed by atoms with van der Waals surface area (Å²) >= 11 is 0. The number of pyridine rings is 1. The Balaban J connectivity index is 2.88. The number of hydrogen-bond donors (Lipinski definition) is 3. The zero-order chi connectivity index (χ0) is 14.6. The van der Waals surface area contributed by atoms with Crippen LogP contribution in [0.25, 0.3) is 0 Å². The molecule has 1 unspecified atom stereocenters. The number of nitrogens with one attached hydrogen (secondary N) is 1. The van der Waals surface area contributed by atoms with Crippen LogP contribution >= 0.6 is 0 Å². The van der Waals surface area contributed by atoms with Gasteiger partial charge in [-0.05, 0) is 17.5 Å². The van der Waals surface area contributed by atoms with Crippen LogP contribution in [-0.2, 0) is 4.79 Å². The minimum atomic E-state index is -0.995. The molecule has 19 heavy (non-hydrogen) atoms. The van der Waals surface area contributed by atoms with Gasteiger partial charge in [0.2, 0.25) is 0 Å². The predicted molar refractivity (Wildman–Crippen MR) is 68.9 cm³/mol. The van der Waals surface area contributed by atoms with Crippen molar-refractivity contribution in [1.29, 1.82) is 0 Å². The van der Waals surface area contributed by atoms with Gasteiger partial charge in [0, 0.05) is 12.2 Å². The summed E-state index contributed by atoms with van der Waals surface area (Å²) in [5.74, 6) is -1.81. The fourth-order valence-electron chi connectivity index (χ4n) is 1.55. The van der Waals surface area contributed by atoms with E-state index in [-0.39, 0.29) is 17.9 Å². The Hall–Kier alpha value is -2.11. The van der Waals surface area contributed by atoms with Crippen molar-refractivity contribution < 1.29 is 19.8 Å². The van der Waals surface area contributed by atoms with Crippen LogP contribution in [-0.4, -0.2) is 33.1 Å². The number of carboxylic acid groups (broad SMARTS) is 1. The second-order valence-electron chi connectivity index (χ2n) is 5.36. The highest BCUT2D eigenvalue weighted by Crippen LogP contribution is 2.23. The van der Waals surface area contributed by atoms with Crippen LogP contribution in [0, 0.1) is 5.41 Å². The van der Waals surface area contributed by atoms with Crippen LogP contribution in [0.15, 0.2) is 18.3 Å². The quantitative estimate of drug-likeness (QED) is 0.765. The van der Waals surface area contributed by atoms with Crippen molar-refractivity contribution >= 4 is 11.9 Å². The molecule has 0 bridgehead atoms. The van der Waals surface area contributed by atoms with Crippen molar-refractivity contribution in [3.05, 3.63) is 24.0 Å². The molecule has 1 aromatic rings. The highest BCUT2D eigenvalue weighted by molar-refractivity contribution is 5.95. The van der Waals surface area contributed by atoms with Crippen LogP contribution in [0.1, 0.15) is 37.7 Å². The molecule has 3 N–H and O–H groups in total. The second kappa shape index (κ2) is 5.69. The van der Waals surface area contributed by atoms with E-state index in [1.165, 1.54) is 18.3 Å². The van der Waals surface area contributed by atoms with Gasteiger partial charge in [0.1, 0.15) is 5.75 Å². The van der Waals surface area contributed by atoms with Gasteiger partial charge in [-0.2, -0.15) is 0 Å². The Morgan fingerprint density at radius 2 is 2.05 bits per heavy atom. The van der Waals surface area contributed by atoms with E-state index in [0.717, 1.165) is 0 Å². The fourth-order valence-corrected chi connectivity index (χ4v) is 1.55. The minimum absolute atomic E-state index is 0.109. The summed E-state index contributed by atoms with van der Waals surface area (Å²) in [7, 11) is 0. The molecule has 0 aliphatic carbocycles. The summed E-state index contributed by atoms with van der Waals surface area (Å²) in [5, 5.41) is 21.0. The van der Waals surface area contributed by atoms with Crippen molar-refractivity contribution in [2.45, 2.75) is 33.2 Å². The lowest BCUT2D eigenvalue weighted by Crippen LogP contribution is -2.45. The van der Waals surface area contributed by atoms with Crippen LogP contribution in [0.2, 0.25) is 0 Å². The normalized spacial score (nSPS) is 12.8. The topological polar surface area (TPSA) is 99.5 Å². The number of rotatable bonds is 4. The maximum Gasteiger partial charge on any atom is 0.305 e. The molecule has 0 aromatic carbocycles. The lowest BCUT2D eigenvalue weighted by atomic mass is 9.84. The number of carbonyl (C=O) groups excluding carboxylic acids is 1. The first kappa shape index (κ1) is 14.9. The number of carbonyl (C=O) groups is 2. The zero-order valence-corrected chi connectivity index (χ0v) is 11.2. The number of aliphatic carboxylic acids is 1. The number of amides is 1. The van der Waals surface area contributed by atoms with Gasteiger partial charge < -0.3 is 15.5 Å². The second-order valence-corrected chi connectivity index (χ2v) is 5.36. The lowest BCUT2D eigenvalue weighted by Gasteiger charge is -2.30. The van der Waals surface area contributed by atoms with Gasteiger partial charge in [-0.25, -0.2) is 4.98 Å². The molecule has 0 aliphatic rings. The molecule has 0 fully saturated rings. The number of nitrogens with zero attached hydrogens (tertiary/aromatic N) is 1. The van der Waals surface area contributed by atoms with E-state index >= 15 is 0 Å². The summed E-state index contributed by atoms with van der Waals surface area (Å²) in [6.45, 7) is 5.50. The molecule has 1 amide bonds. The van der Waals surface area contributed by atoms with E-state index in [0.29, 0.717) is 0 Å². The molecule has 1 aromatic heterocycles. The molecule has 0 saturated heterocycles. The van der Waals surface area contributed by atoms with E-state index in [2.05, 4.69) is 10.3 Å². The summed E-state index contributed by atoms with van der Waals surface area (Å²) in [6.07, 6.45) is 1.20. The molecule has 0 spiro atoms. The standard InChI is InChI=1S/C13H18N2O4/c1-13(2,3)9(7-10(17)18)15-12(19)11-8(16)5-4-6-14-11/h4-6,9,16H,7H2,1-3H3,(H,15,19)(H,17,18). The third kappa shape index (κ3) is 4.24. The van der Waals surface area contributed by atoms with Gasteiger partial charge in [-0.1, -0.05) is 20.8 Å². The third-order valence-corrected chi connectivity index (χ3v) is 2.73. The Morgan fingerprint density at radius 1 is 1.42 bits per heavy atom. The summed E-state index contributed by atoms with van der Waals surface area (Å²) < 4.78 is 0. The van der Waals surface area contributed by atoms with Gasteiger partial charge in [-0.15, -0.1) is 0 Å². The minimum Gasteiger partial charge on any atom is -0.505 e. The van der Waals surface area contributed by atoms with E-state index in [1.807, 2.05) is 20.8 Å². The Bertz CT molecular complexity index is 480. The maximum absolute atomic E-state index is 12.0. The fraction of sp³-hybridized carbons (Fsp3) is 0.462. The first-order valence-corrected chi connectivity index (χ1v) is 5.88. The number of aromatic hydroxyl groups is 1. The Morgan fingerprint density at radius 3 is 2.53 bits per heavy atom. The molecular formula is C13H18N2O4. The van der Waals surface area contributed by atoms with Gasteiger partial charge in [0.15, 0.2) is 5.69 Å². The van der Waals surface area contributed by atoms with E-state index in [4.69, 9.17) is 5.11 Å². The molecule has 0 saturated carbocycles. The average Bonchev–Trinajstić information content (AvgIpc) is 2.26. The Kier molecular flexibility index (Phi) is 4.47. The first-order valence-electron chi connectivity index (χ1n) is 5.88. The molecular weight excluding hydrogens is 248 g/mol. The van der Waals surface area contributed by atoms with Crippen molar-refractivity contribution in [2.75, 3.05) is 0 Å². The smallest absolute Gasteiger partial charge is 0.305 e. The van der Waals surface area contributed by atoms with Crippen LogP contribution < -0.4 is 5.32 Å². The van der Waals surface area contributed by atoms with Gasteiger partial charge >= 0.3 is 5.97 Å². The van der Waals surface area contributed by atoms with Crippen molar-refractivity contribution in [3.8, 4) is 5.75 Å². The summed E-state index contributed by atoms with van der Waals surface area (Å²) in [5.41, 5.74) is -0.527. The van der Waals surface area contributed by atoms with Gasteiger partial charge in [-0.3, -0.25) is 9.59 Å². The van der Waals surface area contributed by atoms with Crippen LogP contribution in [0.4, 0.5) is 0 Å². The molecule has 0 radical (unpaired) electrons. The summed E-state index contributed by atoms with van der Waals surface area (Å²) in [4.78, 5) is 26.6. The number of hydrogen-bond acceptors (Lipinski definition) is 4. The van der Waals surface area contributed by atoms with Gasteiger partial charge in [0.25, 0.3) is 5.91 Å². The maximum atomic E-state index is 12.0. The SMILES string of the molecule is CC(C)(C)C(CC(=O)O)NC(=O)c1ncccc1O. The summed E-state index contributed by atoms with van der Waals surface area (Å²) in [6, 6.07) is 2.30. The van der Waals surface area contributed by atoms with E-state index in [1.54, 1.807) is 0 Å². The average molecular weight is 266 g/mol. The Labute approximate surface area is 111 Å². The van der Waals surface area contributed by atoms with Gasteiger partial charge in [0.05, 0.1) is 6.42 Å². The van der Waals surface area contributed by atoms with Crippen molar-refractivity contribution in [3.63, 3.8) is 0 Å². The molecule has 1 atom stereocenters. The zero-order valence-electron chi connectivity index (χ0n) is 11.2. The van der Waals surface area contributed by atoms with Crippen molar-refractivity contribution in [1.82, 2.24) is 10.3 Å². The highest BCUT2D eigenvalue weighted by Gasteiger charge is 2.29. The first-order chi connectivity index (χ1) is 8.71. The number of carboxylic acids is 1. The number of aromatic nitrogens is 1. The van der Waals surface area contributed by atoms with E-state index in [9.17, 15) is 14.7 Å². The highest BCUT2D eigenvalue weighted by atomic mass is 16.4. The monoisotopic (exact) mass is 266 g/mol. The third-order valence-electron chi connectivity index (χ3n) is 2.73. The molecule has 104 valence electrons. The molecule has 1 rings (SSSR count). The predicted octanol–water partition coefficient (Wildman–Crippen LogP) is 1.41. The lowest BCUT2D eigenvalue weighted by molar-refractivity contribution is -0.138. The molecule has 0 aliphatic heterocycles. The van der Waals surface area contributed by atoms with E-state index < -0.39 is 23.3 Å². The largest absolute Gasteiger partial charge is 0.505 e. The van der Waals surface area contributed by atoms with Crippen LogP contribution in [0.5, 0.6) is 5.75 Å². The van der Waals surface area contributed by atoms with Crippen LogP contribution in [0.3, 0.4) is 0 Å².